The lowest BCUT2D eigenvalue weighted by Gasteiger charge is -2.15. The minimum Gasteiger partial charge on any atom is -0.396 e. The molecule has 1 aliphatic heterocycles. The molecule has 19 heavy (non-hydrogen) atoms. The summed E-state index contributed by atoms with van der Waals surface area (Å²) in [7, 11) is 0. The van der Waals surface area contributed by atoms with E-state index in [1.807, 2.05) is 13.0 Å². The highest BCUT2D eigenvalue weighted by Gasteiger charge is 2.22. The molecule has 1 unspecified atom stereocenters. The second-order valence-electron chi connectivity index (χ2n) is 5.31. The highest BCUT2D eigenvalue weighted by Crippen LogP contribution is 2.17. The molecular weight excluding hydrogens is 240 g/mol. The molecule has 1 saturated heterocycles. The number of aliphatic hydroxyl groups is 1. The Morgan fingerprint density at radius 2 is 2.32 bits per heavy atom. The predicted octanol–water partition coefficient (Wildman–Crippen LogP) is 1.42. The van der Waals surface area contributed by atoms with E-state index in [1.165, 1.54) is 0 Å². The molecule has 1 aliphatic rings. The maximum Gasteiger partial charge on any atom is 0.144 e. The summed E-state index contributed by atoms with van der Waals surface area (Å²) in [6.45, 7) is 8.12. The largest absolute Gasteiger partial charge is 0.396 e. The standard InChI is InChI=1S/C14H24N4O/c1-3-5-15-13-7-11(2)16-14(17-13)9-18-6-4-12(8-18)10-19/h7,12,19H,3-6,8-10H2,1-2H3,(H,15,16,17). The molecule has 0 amide bonds. The SMILES string of the molecule is CCCNc1cc(C)nc(CN2CCC(CO)C2)n1. The minimum absolute atomic E-state index is 0.286. The summed E-state index contributed by atoms with van der Waals surface area (Å²) in [5.74, 6) is 2.21. The Morgan fingerprint density at radius 1 is 1.47 bits per heavy atom. The van der Waals surface area contributed by atoms with Crippen LogP contribution < -0.4 is 5.32 Å². The van der Waals surface area contributed by atoms with Crippen molar-refractivity contribution < 1.29 is 5.11 Å². The average Bonchev–Trinajstić information content (AvgIpc) is 2.83. The van der Waals surface area contributed by atoms with E-state index in [2.05, 4.69) is 27.1 Å². The fraction of sp³-hybridized carbons (Fsp3) is 0.714. The zero-order chi connectivity index (χ0) is 13.7. The van der Waals surface area contributed by atoms with Crippen LogP contribution in [-0.2, 0) is 6.54 Å². The molecule has 2 N–H and O–H groups in total. The Morgan fingerprint density at radius 3 is 3.00 bits per heavy atom. The van der Waals surface area contributed by atoms with Crippen LogP contribution in [-0.4, -0.2) is 46.2 Å². The number of likely N-dealkylation sites (tertiary alicyclic amines) is 1. The smallest absolute Gasteiger partial charge is 0.144 e. The molecule has 0 aromatic carbocycles. The molecule has 0 aliphatic carbocycles. The van der Waals surface area contributed by atoms with E-state index in [9.17, 15) is 0 Å². The van der Waals surface area contributed by atoms with Gasteiger partial charge in [-0.15, -0.1) is 0 Å². The van der Waals surface area contributed by atoms with Crippen molar-refractivity contribution in [3.8, 4) is 0 Å². The van der Waals surface area contributed by atoms with Crippen LogP contribution in [0.2, 0.25) is 0 Å². The number of aryl methyl sites for hydroxylation is 1. The minimum atomic E-state index is 0.286. The van der Waals surface area contributed by atoms with Crippen LogP contribution in [0.15, 0.2) is 6.07 Å². The van der Waals surface area contributed by atoms with Crippen LogP contribution in [0.4, 0.5) is 5.82 Å². The van der Waals surface area contributed by atoms with E-state index in [0.717, 1.165) is 56.4 Å². The lowest BCUT2D eigenvalue weighted by Crippen LogP contribution is -2.22. The molecule has 5 nitrogen and oxygen atoms in total. The summed E-state index contributed by atoms with van der Waals surface area (Å²) in [5.41, 5.74) is 1.00. The van der Waals surface area contributed by atoms with Crippen molar-refractivity contribution in [3.05, 3.63) is 17.6 Å². The van der Waals surface area contributed by atoms with Gasteiger partial charge in [-0.2, -0.15) is 0 Å². The highest BCUT2D eigenvalue weighted by atomic mass is 16.3. The quantitative estimate of drug-likeness (QED) is 0.813. The number of anilines is 1. The Balaban J connectivity index is 1.97. The van der Waals surface area contributed by atoms with Gasteiger partial charge in [0.2, 0.25) is 0 Å². The molecule has 1 fully saturated rings. The molecule has 1 aromatic heterocycles. The lowest BCUT2D eigenvalue weighted by atomic mass is 10.1. The average molecular weight is 264 g/mol. The molecule has 0 bridgehead atoms. The second kappa shape index (κ2) is 6.82. The molecule has 0 saturated carbocycles. The van der Waals surface area contributed by atoms with Gasteiger partial charge in [0.05, 0.1) is 6.54 Å². The van der Waals surface area contributed by atoms with Gasteiger partial charge < -0.3 is 10.4 Å². The highest BCUT2D eigenvalue weighted by molar-refractivity contribution is 5.35. The van der Waals surface area contributed by atoms with Crippen LogP contribution in [0.5, 0.6) is 0 Å². The zero-order valence-electron chi connectivity index (χ0n) is 11.9. The van der Waals surface area contributed by atoms with E-state index in [1.54, 1.807) is 0 Å². The molecule has 1 atom stereocenters. The maximum atomic E-state index is 9.17. The van der Waals surface area contributed by atoms with Crippen molar-refractivity contribution in [2.45, 2.75) is 33.2 Å². The van der Waals surface area contributed by atoms with Gasteiger partial charge in [-0.25, -0.2) is 9.97 Å². The van der Waals surface area contributed by atoms with E-state index < -0.39 is 0 Å². The Hall–Kier alpha value is -1.20. The normalized spacial score (nSPS) is 19.8. The molecule has 2 heterocycles. The third-order valence-corrected chi connectivity index (χ3v) is 3.45. The van der Waals surface area contributed by atoms with Gasteiger partial charge in [-0.05, 0) is 32.2 Å². The van der Waals surface area contributed by atoms with Crippen molar-refractivity contribution in [2.24, 2.45) is 5.92 Å². The predicted molar refractivity (Wildman–Crippen MR) is 76.0 cm³/mol. The van der Waals surface area contributed by atoms with Gasteiger partial charge in [-0.3, -0.25) is 4.90 Å². The van der Waals surface area contributed by atoms with Crippen molar-refractivity contribution in [2.75, 3.05) is 31.6 Å². The first-order chi connectivity index (χ1) is 9.21. The number of hydrogen-bond acceptors (Lipinski definition) is 5. The number of nitrogens with one attached hydrogen (secondary N) is 1. The van der Waals surface area contributed by atoms with Gasteiger partial charge >= 0.3 is 0 Å². The molecule has 106 valence electrons. The first kappa shape index (κ1) is 14.2. The lowest BCUT2D eigenvalue weighted by molar-refractivity contribution is 0.219. The second-order valence-corrected chi connectivity index (χ2v) is 5.31. The van der Waals surface area contributed by atoms with E-state index >= 15 is 0 Å². The Kier molecular flexibility index (Phi) is 5.10. The van der Waals surface area contributed by atoms with Crippen LogP contribution >= 0.6 is 0 Å². The van der Waals surface area contributed by atoms with Crippen LogP contribution in [0.1, 0.15) is 31.3 Å². The van der Waals surface area contributed by atoms with Gasteiger partial charge in [0.15, 0.2) is 0 Å². The molecule has 0 spiro atoms. The fourth-order valence-electron chi connectivity index (χ4n) is 2.45. The fourth-order valence-corrected chi connectivity index (χ4v) is 2.45. The summed E-state index contributed by atoms with van der Waals surface area (Å²) >= 11 is 0. The van der Waals surface area contributed by atoms with Crippen LogP contribution in [0, 0.1) is 12.8 Å². The molecule has 2 rings (SSSR count). The molecule has 0 radical (unpaired) electrons. The summed E-state index contributed by atoms with van der Waals surface area (Å²) in [6, 6.07) is 1.99. The Bertz CT molecular complexity index is 410. The maximum absolute atomic E-state index is 9.17. The van der Waals surface area contributed by atoms with E-state index in [4.69, 9.17) is 5.11 Å². The summed E-state index contributed by atoms with van der Waals surface area (Å²) < 4.78 is 0. The first-order valence-electron chi connectivity index (χ1n) is 7.13. The summed E-state index contributed by atoms with van der Waals surface area (Å²) in [6.07, 6.45) is 2.16. The van der Waals surface area contributed by atoms with Crippen LogP contribution in [0.25, 0.3) is 0 Å². The van der Waals surface area contributed by atoms with E-state index in [-0.39, 0.29) is 6.61 Å². The third-order valence-electron chi connectivity index (χ3n) is 3.45. The number of aromatic nitrogens is 2. The van der Waals surface area contributed by atoms with Crippen molar-refractivity contribution in [3.63, 3.8) is 0 Å². The number of nitrogens with zero attached hydrogens (tertiary/aromatic N) is 3. The van der Waals surface area contributed by atoms with Crippen molar-refractivity contribution >= 4 is 5.82 Å². The van der Waals surface area contributed by atoms with Crippen molar-refractivity contribution in [1.29, 1.82) is 0 Å². The summed E-state index contributed by atoms with van der Waals surface area (Å²) in [5, 5.41) is 12.5. The summed E-state index contributed by atoms with van der Waals surface area (Å²) in [4.78, 5) is 11.4. The molecular formula is C14H24N4O. The monoisotopic (exact) mass is 264 g/mol. The topological polar surface area (TPSA) is 61.3 Å². The zero-order valence-corrected chi connectivity index (χ0v) is 11.9. The van der Waals surface area contributed by atoms with Gasteiger partial charge in [0.25, 0.3) is 0 Å². The number of aliphatic hydroxyl groups excluding tert-OH is 1. The van der Waals surface area contributed by atoms with Gasteiger partial charge in [0, 0.05) is 31.5 Å². The van der Waals surface area contributed by atoms with Gasteiger partial charge in [-0.1, -0.05) is 6.92 Å². The Labute approximate surface area is 115 Å². The van der Waals surface area contributed by atoms with Crippen molar-refractivity contribution in [1.82, 2.24) is 14.9 Å². The first-order valence-corrected chi connectivity index (χ1v) is 7.13. The third kappa shape index (κ3) is 4.14. The molecule has 1 aromatic rings. The molecule has 5 heteroatoms. The van der Waals surface area contributed by atoms with Crippen LogP contribution in [0.3, 0.4) is 0 Å². The van der Waals surface area contributed by atoms with Gasteiger partial charge in [0.1, 0.15) is 11.6 Å². The number of rotatable bonds is 6. The van der Waals surface area contributed by atoms with E-state index in [0.29, 0.717) is 5.92 Å². The number of hydrogen-bond donors (Lipinski definition) is 2.